The highest BCUT2D eigenvalue weighted by atomic mass is 16.2. The Morgan fingerprint density at radius 1 is 1.12 bits per heavy atom. The highest BCUT2D eigenvalue weighted by Crippen LogP contribution is 2.20. The van der Waals surface area contributed by atoms with Crippen LogP contribution in [-0.4, -0.2) is 43.4 Å². The van der Waals surface area contributed by atoms with E-state index in [2.05, 4.69) is 15.0 Å². The number of benzene rings is 1. The van der Waals surface area contributed by atoms with E-state index in [1.165, 1.54) is 6.42 Å². The number of aromatic nitrogens is 4. The topological polar surface area (TPSA) is 63.9 Å². The minimum absolute atomic E-state index is 0.0955. The molecule has 1 aliphatic heterocycles. The fourth-order valence-corrected chi connectivity index (χ4v) is 3.13. The predicted molar refractivity (Wildman–Crippen MR) is 91.5 cm³/mol. The molecule has 0 atom stereocenters. The first-order valence-electron chi connectivity index (χ1n) is 8.26. The molecule has 0 spiro atoms. The minimum atomic E-state index is 0.0955. The van der Waals surface area contributed by atoms with Gasteiger partial charge in [0.25, 0.3) is 5.91 Å². The molecular formula is C18H19N5O. The maximum atomic E-state index is 12.7. The van der Waals surface area contributed by atoms with Crippen LogP contribution in [0.2, 0.25) is 0 Å². The van der Waals surface area contributed by atoms with Gasteiger partial charge in [-0.05, 0) is 31.4 Å². The van der Waals surface area contributed by atoms with Gasteiger partial charge in [0.15, 0.2) is 11.5 Å². The molecule has 2 aromatic heterocycles. The van der Waals surface area contributed by atoms with E-state index in [4.69, 9.17) is 0 Å². The zero-order valence-corrected chi connectivity index (χ0v) is 13.6. The molecule has 0 N–H and O–H groups in total. The Bertz CT molecular complexity index is 895. The first-order chi connectivity index (χ1) is 11.7. The van der Waals surface area contributed by atoms with E-state index in [-0.39, 0.29) is 5.91 Å². The quantitative estimate of drug-likeness (QED) is 0.728. The molecule has 0 aliphatic carbocycles. The van der Waals surface area contributed by atoms with Crippen molar-refractivity contribution in [2.75, 3.05) is 13.1 Å². The number of piperidine rings is 1. The largest absolute Gasteiger partial charge is 0.339 e. The molecule has 1 aliphatic rings. The van der Waals surface area contributed by atoms with Crippen LogP contribution in [0.15, 0.2) is 36.8 Å². The normalized spacial score (nSPS) is 15.0. The van der Waals surface area contributed by atoms with Crippen molar-refractivity contribution in [3.05, 3.63) is 42.4 Å². The number of aryl methyl sites for hydroxylation is 1. The van der Waals surface area contributed by atoms with Gasteiger partial charge in [-0.15, -0.1) is 0 Å². The lowest BCUT2D eigenvalue weighted by Crippen LogP contribution is -2.35. The smallest absolute Gasteiger partial charge is 0.253 e. The molecule has 1 aromatic carbocycles. The van der Waals surface area contributed by atoms with Gasteiger partial charge in [-0.2, -0.15) is 0 Å². The van der Waals surface area contributed by atoms with Crippen LogP contribution in [0.1, 0.15) is 29.6 Å². The van der Waals surface area contributed by atoms with E-state index >= 15 is 0 Å². The predicted octanol–water partition coefficient (Wildman–Crippen LogP) is 2.66. The summed E-state index contributed by atoms with van der Waals surface area (Å²) in [6, 6.07) is 7.57. The van der Waals surface area contributed by atoms with E-state index in [1.807, 2.05) is 40.8 Å². The highest BCUT2D eigenvalue weighted by molar-refractivity contribution is 5.95. The van der Waals surface area contributed by atoms with E-state index in [1.54, 1.807) is 12.5 Å². The number of amides is 1. The van der Waals surface area contributed by atoms with Crippen molar-refractivity contribution in [2.45, 2.75) is 19.3 Å². The molecule has 1 saturated heterocycles. The monoisotopic (exact) mass is 321 g/mol. The van der Waals surface area contributed by atoms with Crippen LogP contribution < -0.4 is 0 Å². The molecule has 1 amide bonds. The second-order valence-electron chi connectivity index (χ2n) is 6.19. The van der Waals surface area contributed by atoms with Gasteiger partial charge >= 0.3 is 0 Å². The number of carbonyl (C=O) groups excluding carboxylic acids is 1. The molecule has 4 rings (SSSR count). The fourth-order valence-electron chi connectivity index (χ4n) is 3.13. The summed E-state index contributed by atoms with van der Waals surface area (Å²) in [6.45, 7) is 1.70. The lowest BCUT2D eigenvalue weighted by molar-refractivity contribution is 0.0724. The van der Waals surface area contributed by atoms with Crippen molar-refractivity contribution in [3.8, 4) is 11.4 Å². The Morgan fingerprint density at radius 2 is 1.96 bits per heavy atom. The molecule has 6 nitrogen and oxygen atoms in total. The van der Waals surface area contributed by atoms with Gasteiger partial charge in [-0.3, -0.25) is 4.79 Å². The number of hydrogen-bond donors (Lipinski definition) is 0. The van der Waals surface area contributed by atoms with Crippen LogP contribution in [0.4, 0.5) is 0 Å². The van der Waals surface area contributed by atoms with Crippen molar-refractivity contribution < 1.29 is 4.79 Å². The summed E-state index contributed by atoms with van der Waals surface area (Å²) < 4.78 is 1.86. The molecule has 122 valence electrons. The van der Waals surface area contributed by atoms with Crippen molar-refractivity contribution in [1.82, 2.24) is 24.4 Å². The Kier molecular flexibility index (Phi) is 3.72. The number of fused-ring (bicyclic) bond motifs is 1. The van der Waals surface area contributed by atoms with Gasteiger partial charge in [-0.1, -0.05) is 12.1 Å². The first kappa shape index (κ1) is 14.8. The van der Waals surface area contributed by atoms with Gasteiger partial charge in [0, 0.05) is 31.3 Å². The summed E-state index contributed by atoms with van der Waals surface area (Å²) in [7, 11) is 1.91. The van der Waals surface area contributed by atoms with Gasteiger partial charge < -0.3 is 9.47 Å². The third kappa shape index (κ3) is 2.64. The summed E-state index contributed by atoms with van der Waals surface area (Å²) in [5.41, 5.74) is 3.10. The molecule has 1 fully saturated rings. The van der Waals surface area contributed by atoms with Crippen molar-refractivity contribution >= 4 is 17.1 Å². The van der Waals surface area contributed by atoms with Crippen LogP contribution in [0, 0.1) is 0 Å². The van der Waals surface area contributed by atoms with Gasteiger partial charge in [-0.25, -0.2) is 15.0 Å². The molecule has 3 aromatic rings. The zero-order valence-electron chi connectivity index (χ0n) is 13.6. The molecular weight excluding hydrogens is 302 g/mol. The molecule has 24 heavy (non-hydrogen) atoms. The Hall–Kier alpha value is -2.76. The number of nitrogens with zero attached hydrogens (tertiary/aromatic N) is 5. The second-order valence-corrected chi connectivity index (χ2v) is 6.19. The number of hydrogen-bond acceptors (Lipinski definition) is 4. The first-order valence-corrected chi connectivity index (χ1v) is 8.26. The van der Waals surface area contributed by atoms with Crippen LogP contribution in [-0.2, 0) is 7.05 Å². The number of carbonyl (C=O) groups is 1. The molecule has 6 heteroatoms. The van der Waals surface area contributed by atoms with Crippen LogP contribution >= 0.6 is 0 Å². The van der Waals surface area contributed by atoms with Gasteiger partial charge in [0.05, 0.1) is 12.5 Å². The average molecular weight is 321 g/mol. The Balaban J connectivity index is 1.68. The SMILES string of the molecule is Cn1cnc2cnc(-c3cccc(C(=O)N4CCCCC4)c3)nc21. The minimum Gasteiger partial charge on any atom is -0.339 e. The van der Waals surface area contributed by atoms with Crippen LogP contribution in [0.5, 0.6) is 0 Å². The zero-order chi connectivity index (χ0) is 16.5. The fraction of sp³-hybridized carbons (Fsp3) is 0.333. The maximum absolute atomic E-state index is 12.7. The van der Waals surface area contributed by atoms with Crippen LogP contribution in [0.3, 0.4) is 0 Å². The summed E-state index contributed by atoms with van der Waals surface area (Å²) >= 11 is 0. The number of likely N-dealkylation sites (tertiary alicyclic amines) is 1. The summed E-state index contributed by atoms with van der Waals surface area (Å²) in [4.78, 5) is 27.8. The van der Waals surface area contributed by atoms with E-state index in [9.17, 15) is 4.79 Å². The van der Waals surface area contributed by atoms with Crippen molar-refractivity contribution in [1.29, 1.82) is 0 Å². The number of rotatable bonds is 2. The van der Waals surface area contributed by atoms with Gasteiger partial charge in [0.2, 0.25) is 0 Å². The van der Waals surface area contributed by atoms with E-state index in [0.717, 1.165) is 42.7 Å². The molecule has 0 bridgehead atoms. The molecule has 0 radical (unpaired) electrons. The third-order valence-corrected chi connectivity index (χ3v) is 4.47. The molecule has 0 unspecified atom stereocenters. The lowest BCUT2D eigenvalue weighted by Gasteiger charge is -2.26. The summed E-state index contributed by atoms with van der Waals surface area (Å²) in [5, 5.41) is 0. The summed E-state index contributed by atoms with van der Waals surface area (Å²) in [6.07, 6.45) is 6.83. The Morgan fingerprint density at radius 3 is 2.79 bits per heavy atom. The van der Waals surface area contributed by atoms with E-state index in [0.29, 0.717) is 11.4 Å². The Labute approximate surface area is 140 Å². The van der Waals surface area contributed by atoms with Gasteiger partial charge in [0.1, 0.15) is 5.52 Å². The maximum Gasteiger partial charge on any atom is 0.253 e. The lowest BCUT2D eigenvalue weighted by atomic mass is 10.1. The molecule has 3 heterocycles. The highest BCUT2D eigenvalue weighted by Gasteiger charge is 2.18. The standard InChI is InChI=1S/C18H19N5O/c1-22-12-20-15-11-19-16(21-17(15)22)13-6-5-7-14(10-13)18(24)23-8-3-2-4-9-23/h5-7,10-12H,2-4,8-9H2,1H3. The second kappa shape index (κ2) is 6.03. The number of imidazole rings is 1. The van der Waals surface area contributed by atoms with E-state index < -0.39 is 0 Å². The van der Waals surface area contributed by atoms with Crippen molar-refractivity contribution in [3.63, 3.8) is 0 Å². The third-order valence-electron chi connectivity index (χ3n) is 4.47. The molecule has 0 saturated carbocycles. The van der Waals surface area contributed by atoms with Crippen LogP contribution in [0.25, 0.3) is 22.6 Å². The summed E-state index contributed by atoms with van der Waals surface area (Å²) in [5.74, 6) is 0.706. The average Bonchev–Trinajstić information content (AvgIpc) is 3.02. The van der Waals surface area contributed by atoms with Crippen molar-refractivity contribution in [2.24, 2.45) is 7.05 Å².